The molecule has 2 heterocycles. The van der Waals surface area contributed by atoms with Crippen LogP contribution in [0.5, 0.6) is 0 Å². The van der Waals surface area contributed by atoms with Crippen LogP contribution in [0.4, 0.5) is 11.4 Å². The molecular weight excluding hydrogens is 486 g/mol. The van der Waals surface area contributed by atoms with Gasteiger partial charge in [0.15, 0.2) is 5.17 Å². The summed E-state index contributed by atoms with van der Waals surface area (Å²) in [5.41, 5.74) is 3.35. The second-order valence-electron chi connectivity index (χ2n) is 9.02. The number of anilines is 1. The molecule has 2 N–H and O–H groups in total. The summed E-state index contributed by atoms with van der Waals surface area (Å²) in [5, 5.41) is 5.77. The normalized spacial score (nSPS) is 16.9. The molecule has 9 heteroatoms. The number of thioether (sulfide) groups is 1. The molecule has 37 heavy (non-hydrogen) atoms. The zero-order valence-corrected chi connectivity index (χ0v) is 22.3. The molecule has 2 aromatic rings. The number of hydrogen-bond acceptors (Lipinski definition) is 6. The van der Waals surface area contributed by atoms with Gasteiger partial charge in [0, 0.05) is 17.8 Å². The topological polar surface area (TPSA) is 103 Å². The lowest BCUT2D eigenvalue weighted by Gasteiger charge is -2.27. The van der Waals surface area contributed by atoms with E-state index < -0.39 is 11.3 Å². The summed E-state index contributed by atoms with van der Waals surface area (Å²) in [6, 6.07) is 14.4. The SMILES string of the molecule is CCCCNC(=O)C[C@@H]1N=C2c3ccccc3N=C(S[C@H](CC)C(=O)Nc3ccc(CC)cc3)N2C1=O. The number of nitrogens with one attached hydrogen (secondary N) is 2. The molecule has 2 atom stereocenters. The maximum absolute atomic E-state index is 13.5. The molecule has 0 saturated heterocycles. The quantitative estimate of drug-likeness (QED) is 0.446. The summed E-state index contributed by atoms with van der Waals surface area (Å²) in [4.78, 5) is 49.9. The number of unbranched alkanes of at least 4 members (excludes halogenated alkanes) is 1. The number of aliphatic imine (C=N–C) groups is 2. The van der Waals surface area contributed by atoms with Crippen molar-refractivity contribution in [3.63, 3.8) is 0 Å². The number of aryl methyl sites for hydroxylation is 1. The summed E-state index contributed by atoms with van der Waals surface area (Å²) in [6.45, 7) is 6.65. The van der Waals surface area contributed by atoms with E-state index in [-0.39, 0.29) is 24.1 Å². The Morgan fingerprint density at radius 3 is 2.54 bits per heavy atom. The standard InChI is InChI=1S/C28H33N5O3S/c1-4-7-16-29-24(34)17-22-27(36)33-25(31-22)20-10-8-9-11-21(20)32-28(33)37-23(6-3)26(35)30-19-14-12-18(5-2)13-15-19/h8-15,22-23H,4-7,16-17H2,1-3H3,(H,29,34)(H,30,35)/t22-,23+/m0/s1. The Morgan fingerprint density at radius 1 is 1.08 bits per heavy atom. The lowest BCUT2D eigenvalue weighted by molar-refractivity contribution is -0.128. The van der Waals surface area contributed by atoms with Gasteiger partial charge < -0.3 is 10.6 Å². The van der Waals surface area contributed by atoms with Gasteiger partial charge in [0.2, 0.25) is 11.8 Å². The number of amidine groups is 2. The first-order chi connectivity index (χ1) is 17.9. The van der Waals surface area contributed by atoms with E-state index >= 15 is 0 Å². The van der Waals surface area contributed by atoms with Gasteiger partial charge in [-0.1, -0.05) is 63.2 Å². The Bertz CT molecular complexity index is 1220. The van der Waals surface area contributed by atoms with E-state index in [1.165, 1.54) is 22.2 Å². The van der Waals surface area contributed by atoms with Gasteiger partial charge in [-0.05, 0) is 49.1 Å². The molecule has 0 bridgehead atoms. The summed E-state index contributed by atoms with van der Waals surface area (Å²) in [6.07, 6.45) is 3.31. The van der Waals surface area contributed by atoms with Crippen molar-refractivity contribution in [2.75, 3.05) is 11.9 Å². The highest BCUT2D eigenvalue weighted by Crippen LogP contribution is 2.35. The lowest BCUT2D eigenvalue weighted by Crippen LogP contribution is -2.43. The highest BCUT2D eigenvalue weighted by molar-refractivity contribution is 8.15. The maximum Gasteiger partial charge on any atom is 0.259 e. The number of hydrogen-bond donors (Lipinski definition) is 2. The minimum atomic E-state index is -0.820. The number of rotatable bonds is 10. The fourth-order valence-electron chi connectivity index (χ4n) is 4.16. The van der Waals surface area contributed by atoms with Gasteiger partial charge in [-0.15, -0.1) is 0 Å². The van der Waals surface area contributed by atoms with Crippen molar-refractivity contribution in [1.29, 1.82) is 0 Å². The van der Waals surface area contributed by atoms with Crippen molar-refractivity contribution in [3.05, 3.63) is 59.7 Å². The average molecular weight is 520 g/mol. The van der Waals surface area contributed by atoms with Gasteiger partial charge in [-0.3, -0.25) is 19.4 Å². The second-order valence-corrected chi connectivity index (χ2v) is 10.2. The predicted octanol–water partition coefficient (Wildman–Crippen LogP) is 4.66. The fourth-order valence-corrected chi connectivity index (χ4v) is 5.18. The van der Waals surface area contributed by atoms with Crippen LogP contribution in [-0.2, 0) is 20.8 Å². The third-order valence-electron chi connectivity index (χ3n) is 6.32. The van der Waals surface area contributed by atoms with Crippen LogP contribution in [0.3, 0.4) is 0 Å². The first-order valence-electron chi connectivity index (χ1n) is 12.9. The van der Waals surface area contributed by atoms with E-state index in [0.29, 0.717) is 29.7 Å². The third-order valence-corrected chi connectivity index (χ3v) is 7.64. The molecule has 0 unspecified atom stereocenters. The second kappa shape index (κ2) is 12.2. The Hall–Kier alpha value is -3.46. The third kappa shape index (κ3) is 6.10. The van der Waals surface area contributed by atoms with E-state index in [0.717, 1.165) is 30.5 Å². The molecule has 8 nitrogen and oxygen atoms in total. The molecule has 0 fully saturated rings. The highest BCUT2D eigenvalue weighted by Gasteiger charge is 2.43. The van der Waals surface area contributed by atoms with Gasteiger partial charge in [-0.25, -0.2) is 9.89 Å². The number of carbonyl (C=O) groups excluding carboxylic acids is 3. The first-order valence-corrected chi connectivity index (χ1v) is 13.8. The molecule has 2 aliphatic rings. The first kappa shape index (κ1) is 26.6. The van der Waals surface area contributed by atoms with E-state index in [2.05, 4.69) is 29.5 Å². The lowest BCUT2D eigenvalue weighted by atomic mass is 10.1. The smallest absolute Gasteiger partial charge is 0.259 e. The molecule has 0 saturated carbocycles. The molecule has 3 amide bonds. The van der Waals surface area contributed by atoms with Crippen molar-refractivity contribution in [3.8, 4) is 0 Å². The van der Waals surface area contributed by atoms with Gasteiger partial charge in [0.05, 0.1) is 17.4 Å². The molecule has 2 aromatic carbocycles. The van der Waals surface area contributed by atoms with Crippen LogP contribution in [0.2, 0.25) is 0 Å². The Morgan fingerprint density at radius 2 is 1.84 bits per heavy atom. The number of para-hydroxylation sites is 1. The highest BCUT2D eigenvalue weighted by atomic mass is 32.2. The van der Waals surface area contributed by atoms with Crippen LogP contribution in [0.25, 0.3) is 0 Å². The van der Waals surface area contributed by atoms with Crippen LogP contribution < -0.4 is 10.6 Å². The van der Waals surface area contributed by atoms with E-state index in [9.17, 15) is 14.4 Å². The Kier molecular flexibility index (Phi) is 8.76. The number of carbonyl (C=O) groups is 3. The molecule has 0 aromatic heterocycles. The fraction of sp³-hybridized carbons (Fsp3) is 0.393. The predicted molar refractivity (Wildman–Crippen MR) is 149 cm³/mol. The molecule has 4 rings (SSSR count). The molecule has 0 spiro atoms. The number of nitrogens with zero attached hydrogens (tertiary/aromatic N) is 3. The number of benzene rings is 2. The van der Waals surface area contributed by atoms with Crippen LogP contribution >= 0.6 is 11.8 Å². The maximum atomic E-state index is 13.5. The van der Waals surface area contributed by atoms with Crippen LogP contribution in [0.1, 0.15) is 57.6 Å². The van der Waals surface area contributed by atoms with Crippen molar-refractivity contribution < 1.29 is 14.4 Å². The van der Waals surface area contributed by atoms with Crippen LogP contribution in [-0.4, -0.2) is 51.5 Å². The summed E-state index contributed by atoms with van der Waals surface area (Å²) in [5.74, 6) is -0.174. The van der Waals surface area contributed by atoms with Crippen LogP contribution in [0.15, 0.2) is 58.5 Å². The zero-order valence-electron chi connectivity index (χ0n) is 21.5. The van der Waals surface area contributed by atoms with Gasteiger partial charge in [0.1, 0.15) is 11.9 Å². The monoisotopic (exact) mass is 519 g/mol. The van der Waals surface area contributed by atoms with Gasteiger partial charge in [-0.2, -0.15) is 0 Å². The largest absolute Gasteiger partial charge is 0.356 e. The summed E-state index contributed by atoms with van der Waals surface area (Å²) in [7, 11) is 0. The Labute approximate surface area is 222 Å². The van der Waals surface area contributed by atoms with Crippen molar-refractivity contribution in [2.24, 2.45) is 9.98 Å². The van der Waals surface area contributed by atoms with Crippen LogP contribution in [0, 0.1) is 0 Å². The molecule has 0 radical (unpaired) electrons. The molecular formula is C28H33N5O3S. The van der Waals surface area contributed by atoms with Crippen molar-refractivity contribution in [2.45, 2.75) is 64.2 Å². The number of fused-ring (bicyclic) bond motifs is 3. The Balaban J connectivity index is 1.54. The summed E-state index contributed by atoms with van der Waals surface area (Å²) >= 11 is 1.24. The molecule has 194 valence electrons. The average Bonchev–Trinajstić information content (AvgIpc) is 3.23. The molecule has 2 aliphatic heterocycles. The number of amides is 3. The van der Waals surface area contributed by atoms with E-state index in [1.54, 1.807) is 0 Å². The van der Waals surface area contributed by atoms with E-state index in [1.807, 2.05) is 55.5 Å². The van der Waals surface area contributed by atoms with Gasteiger partial charge >= 0.3 is 0 Å². The minimum Gasteiger partial charge on any atom is -0.356 e. The zero-order chi connectivity index (χ0) is 26.4. The molecule has 0 aliphatic carbocycles. The van der Waals surface area contributed by atoms with Crippen molar-refractivity contribution in [1.82, 2.24) is 10.2 Å². The minimum absolute atomic E-state index is 0.0197. The summed E-state index contributed by atoms with van der Waals surface area (Å²) < 4.78 is 0. The van der Waals surface area contributed by atoms with Crippen molar-refractivity contribution >= 4 is 51.9 Å². The van der Waals surface area contributed by atoms with Gasteiger partial charge in [0.25, 0.3) is 5.91 Å². The van der Waals surface area contributed by atoms with E-state index in [4.69, 9.17) is 4.99 Å².